The maximum atomic E-state index is 12.2. The molecule has 0 radical (unpaired) electrons. The largest absolute Gasteiger partial charge is 0.493 e. The number of carbonyl (C=O) groups excluding carboxylic acids is 1. The topological polar surface area (TPSA) is 38.8 Å². The molecule has 0 saturated heterocycles. The van der Waals surface area contributed by atoms with Crippen LogP contribution in [0, 0.1) is 13.8 Å². The summed E-state index contributed by atoms with van der Waals surface area (Å²) in [6, 6.07) is 7.70. The minimum absolute atomic E-state index is 0.000341. The number of hydrogen-bond donors (Lipinski definition) is 0. The van der Waals surface area contributed by atoms with Crippen LogP contribution in [0.1, 0.15) is 16.0 Å². The minimum Gasteiger partial charge on any atom is -0.493 e. The van der Waals surface area contributed by atoms with Crippen molar-refractivity contribution in [1.29, 1.82) is 0 Å². The molecule has 0 N–H and O–H groups in total. The van der Waals surface area contributed by atoms with Crippen molar-refractivity contribution in [3.05, 3.63) is 45.6 Å². The standard InChI is InChI=1S/C17H21NO3S/c1-12-5-6-14(15(9-12)20-4)21-11-17(19)18(3)10-16-13(2)7-8-22-16/h5-9H,10-11H2,1-4H3. The van der Waals surface area contributed by atoms with E-state index in [9.17, 15) is 4.79 Å². The van der Waals surface area contributed by atoms with Gasteiger partial charge in [-0.3, -0.25) is 4.79 Å². The van der Waals surface area contributed by atoms with Crippen molar-refractivity contribution in [3.63, 3.8) is 0 Å². The molecule has 1 aromatic carbocycles. The van der Waals surface area contributed by atoms with E-state index in [1.54, 1.807) is 30.4 Å². The quantitative estimate of drug-likeness (QED) is 0.819. The van der Waals surface area contributed by atoms with Gasteiger partial charge in [-0.15, -0.1) is 11.3 Å². The molecule has 1 heterocycles. The van der Waals surface area contributed by atoms with Crippen LogP contribution in [0.3, 0.4) is 0 Å². The van der Waals surface area contributed by atoms with Crippen LogP contribution in [0.5, 0.6) is 11.5 Å². The van der Waals surface area contributed by atoms with Crippen molar-refractivity contribution < 1.29 is 14.3 Å². The number of rotatable bonds is 6. The van der Waals surface area contributed by atoms with E-state index >= 15 is 0 Å². The van der Waals surface area contributed by atoms with Gasteiger partial charge >= 0.3 is 0 Å². The summed E-state index contributed by atoms with van der Waals surface area (Å²) >= 11 is 1.66. The Balaban J connectivity index is 1.93. The van der Waals surface area contributed by atoms with Gasteiger partial charge in [-0.2, -0.15) is 0 Å². The Morgan fingerprint density at radius 3 is 2.64 bits per heavy atom. The second kappa shape index (κ2) is 7.31. The zero-order chi connectivity index (χ0) is 16.1. The third-order valence-electron chi connectivity index (χ3n) is 3.44. The highest BCUT2D eigenvalue weighted by molar-refractivity contribution is 7.10. The molecule has 118 valence electrons. The number of carbonyl (C=O) groups is 1. The van der Waals surface area contributed by atoms with Gasteiger partial charge in [-0.25, -0.2) is 0 Å². The lowest BCUT2D eigenvalue weighted by Crippen LogP contribution is -2.30. The second-order valence-electron chi connectivity index (χ2n) is 5.22. The third kappa shape index (κ3) is 4.01. The monoisotopic (exact) mass is 319 g/mol. The molecule has 0 atom stereocenters. The Bertz CT molecular complexity index is 651. The van der Waals surface area contributed by atoms with Crippen molar-refractivity contribution in [2.75, 3.05) is 20.8 Å². The summed E-state index contributed by atoms with van der Waals surface area (Å²) in [5.74, 6) is 1.17. The average molecular weight is 319 g/mol. The fourth-order valence-corrected chi connectivity index (χ4v) is 2.97. The number of aryl methyl sites for hydroxylation is 2. The van der Waals surface area contributed by atoms with Crippen LogP contribution in [0.25, 0.3) is 0 Å². The second-order valence-corrected chi connectivity index (χ2v) is 6.22. The molecule has 0 aliphatic carbocycles. The molecule has 0 saturated carbocycles. The summed E-state index contributed by atoms with van der Waals surface area (Å²) in [5, 5.41) is 2.04. The van der Waals surface area contributed by atoms with Crippen molar-refractivity contribution >= 4 is 17.2 Å². The van der Waals surface area contributed by atoms with Gasteiger partial charge in [0.2, 0.25) is 0 Å². The summed E-state index contributed by atoms with van der Waals surface area (Å²) in [6.07, 6.45) is 0. The molecule has 0 bridgehead atoms. The van der Waals surface area contributed by atoms with E-state index in [2.05, 4.69) is 13.0 Å². The van der Waals surface area contributed by atoms with E-state index in [0.29, 0.717) is 18.0 Å². The molecule has 1 aromatic heterocycles. The van der Waals surface area contributed by atoms with Gasteiger partial charge in [0.05, 0.1) is 13.7 Å². The highest BCUT2D eigenvalue weighted by atomic mass is 32.1. The molecule has 5 heteroatoms. The summed E-state index contributed by atoms with van der Waals surface area (Å²) in [4.78, 5) is 15.1. The first-order valence-corrected chi connectivity index (χ1v) is 7.93. The zero-order valence-electron chi connectivity index (χ0n) is 13.4. The fourth-order valence-electron chi connectivity index (χ4n) is 2.01. The number of amides is 1. The van der Waals surface area contributed by atoms with Crippen molar-refractivity contribution in [2.45, 2.75) is 20.4 Å². The van der Waals surface area contributed by atoms with Crippen LogP contribution in [0.2, 0.25) is 0 Å². The van der Waals surface area contributed by atoms with E-state index in [-0.39, 0.29) is 12.5 Å². The molecule has 0 unspecified atom stereocenters. The average Bonchev–Trinajstić information content (AvgIpc) is 2.90. The first-order valence-electron chi connectivity index (χ1n) is 7.05. The van der Waals surface area contributed by atoms with Gasteiger partial charge in [-0.1, -0.05) is 6.07 Å². The lowest BCUT2D eigenvalue weighted by molar-refractivity contribution is -0.132. The third-order valence-corrected chi connectivity index (χ3v) is 4.45. The number of nitrogens with zero attached hydrogens (tertiary/aromatic N) is 1. The van der Waals surface area contributed by atoms with Crippen molar-refractivity contribution in [2.24, 2.45) is 0 Å². The zero-order valence-corrected chi connectivity index (χ0v) is 14.2. The number of ether oxygens (including phenoxy) is 2. The van der Waals surface area contributed by atoms with Gasteiger partial charge in [-0.05, 0) is 48.6 Å². The molecule has 4 nitrogen and oxygen atoms in total. The van der Waals surface area contributed by atoms with Gasteiger partial charge in [0.1, 0.15) is 0 Å². The number of hydrogen-bond acceptors (Lipinski definition) is 4. The van der Waals surface area contributed by atoms with Crippen molar-refractivity contribution in [1.82, 2.24) is 4.90 Å². The molecular formula is C17H21NO3S. The molecule has 1 amide bonds. The van der Waals surface area contributed by atoms with Crippen LogP contribution in [0.15, 0.2) is 29.6 Å². The van der Waals surface area contributed by atoms with Crippen LogP contribution in [0.4, 0.5) is 0 Å². The van der Waals surface area contributed by atoms with Gasteiger partial charge < -0.3 is 14.4 Å². The molecule has 22 heavy (non-hydrogen) atoms. The lowest BCUT2D eigenvalue weighted by atomic mass is 10.2. The first kappa shape index (κ1) is 16.4. The number of thiophene rings is 1. The predicted molar refractivity (Wildman–Crippen MR) is 88.8 cm³/mol. The summed E-state index contributed by atoms with van der Waals surface area (Å²) < 4.78 is 10.9. The van der Waals surface area contributed by atoms with Crippen LogP contribution >= 0.6 is 11.3 Å². The molecule has 2 aromatic rings. The number of benzene rings is 1. The summed E-state index contributed by atoms with van der Waals surface area (Å²) in [6.45, 7) is 4.64. The van der Waals surface area contributed by atoms with E-state index < -0.39 is 0 Å². The predicted octanol–water partition coefficient (Wildman–Crippen LogP) is 3.41. The fraction of sp³-hybridized carbons (Fsp3) is 0.353. The molecule has 0 aliphatic heterocycles. The van der Waals surface area contributed by atoms with Crippen LogP contribution in [-0.4, -0.2) is 31.6 Å². The Morgan fingerprint density at radius 2 is 2.00 bits per heavy atom. The lowest BCUT2D eigenvalue weighted by Gasteiger charge is -2.18. The van der Waals surface area contributed by atoms with Crippen LogP contribution in [-0.2, 0) is 11.3 Å². The van der Waals surface area contributed by atoms with E-state index in [1.165, 1.54) is 10.4 Å². The van der Waals surface area contributed by atoms with Crippen molar-refractivity contribution in [3.8, 4) is 11.5 Å². The Kier molecular flexibility index (Phi) is 5.44. The smallest absolute Gasteiger partial charge is 0.260 e. The maximum Gasteiger partial charge on any atom is 0.260 e. The van der Waals surface area contributed by atoms with Crippen LogP contribution < -0.4 is 9.47 Å². The number of methoxy groups -OCH3 is 1. The Hall–Kier alpha value is -2.01. The van der Waals surface area contributed by atoms with E-state index in [0.717, 1.165) is 5.56 Å². The summed E-state index contributed by atoms with van der Waals surface area (Å²) in [7, 11) is 3.38. The first-order chi connectivity index (χ1) is 10.5. The Morgan fingerprint density at radius 1 is 1.23 bits per heavy atom. The minimum atomic E-state index is -0.0598. The molecule has 0 fully saturated rings. The molecular weight excluding hydrogens is 298 g/mol. The summed E-state index contributed by atoms with van der Waals surface area (Å²) in [5.41, 5.74) is 2.30. The highest BCUT2D eigenvalue weighted by Crippen LogP contribution is 2.27. The Labute approximate surface area is 135 Å². The molecule has 0 aliphatic rings. The van der Waals surface area contributed by atoms with Gasteiger partial charge in [0, 0.05) is 11.9 Å². The maximum absolute atomic E-state index is 12.2. The van der Waals surface area contributed by atoms with Gasteiger partial charge in [0.15, 0.2) is 18.1 Å². The van der Waals surface area contributed by atoms with Gasteiger partial charge in [0.25, 0.3) is 5.91 Å². The number of likely N-dealkylation sites (N-methyl/N-ethyl adjacent to an activating group) is 1. The normalized spacial score (nSPS) is 10.4. The van der Waals surface area contributed by atoms with E-state index in [1.807, 2.05) is 30.5 Å². The SMILES string of the molecule is COc1cc(C)ccc1OCC(=O)N(C)Cc1sccc1C. The molecule has 2 rings (SSSR count). The van der Waals surface area contributed by atoms with E-state index in [4.69, 9.17) is 9.47 Å². The molecule has 0 spiro atoms. The highest BCUT2D eigenvalue weighted by Gasteiger charge is 2.13.